The van der Waals surface area contributed by atoms with Crippen molar-refractivity contribution in [2.45, 2.75) is 39.0 Å². The van der Waals surface area contributed by atoms with Crippen molar-refractivity contribution in [3.05, 3.63) is 0 Å². The van der Waals surface area contributed by atoms with Gasteiger partial charge in [-0.15, -0.1) is 0 Å². The van der Waals surface area contributed by atoms with Gasteiger partial charge in [0.25, 0.3) is 0 Å². The molecule has 1 saturated carbocycles. The van der Waals surface area contributed by atoms with Gasteiger partial charge in [-0.25, -0.2) is 0 Å². The zero-order valence-corrected chi connectivity index (χ0v) is 11.5. The summed E-state index contributed by atoms with van der Waals surface area (Å²) in [5, 5.41) is 2.56. The van der Waals surface area contributed by atoms with Gasteiger partial charge in [0.1, 0.15) is 0 Å². The maximum atomic E-state index is 12.2. The van der Waals surface area contributed by atoms with Crippen LogP contribution in [0.3, 0.4) is 0 Å². The second-order valence-corrected chi connectivity index (χ2v) is 5.22. The first-order valence-corrected chi connectivity index (χ1v) is 6.75. The Hall–Kier alpha value is -1.10. The van der Waals surface area contributed by atoms with Crippen molar-refractivity contribution in [2.24, 2.45) is 11.1 Å². The van der Waals surface area contributed by atoms with Crippen molar-refractivity contribution in [1.82, 2.24) is 10.2 Å². The van der Waals surface area contributed by atoms with Crippen LogP contribution in [-0.4, -0.2) is 43.4 Å². The van der Waals surface area contributed by atoms with Crippen LogP contribution >= 0.6 is 0 Å². The Labute approximate surface area is 109 Å². The molecule has 5 nitrogen and oxygen atoms in total. The minimum Gasteiger partial charge on any atom is -0.358 e. The SMILES string of the molecule is CCCN(CC(=O)NC)C(=O)CC1(CN)CCC1. The van der Waals surface area contributed by atoms with Gasteiger partial charge in [0.05, 0.1) is 6.54 Å². The molecule has 0 heterocycles. The lowest BCUT2D eigenvalue weighted by atomic mass is 9.66. The summed E-state index contributed by atoms with van der Waals surface area (Å²) < 4.78 is 0. The number of hydrogen-bond donors (Lipinski definition) is 2. The van der Waals surface area contributed by atoms with E-state index in [-0.39, 0.29) is 23.8 Å². The maximum Gasteiger partial charge on any atom is 0.239 e. The predicted molar refractivity (Wildman–Crippen MR) is 70.9 cm³/mol. The van der Waals surface area contributed by atoms with Gasteiger partial charge in [-0.05, 0) is 31.2 Å². The predicted octanol–water partition coefficient (Wildman–Crippen LogP) is 0.490. The smallest absolute Gasteiger partial charge is 0.239 e. The first-order valence-electron chi connectivity index (χ1n) is 6.75. The van der Waals surface area contributed by atoms with Crippen molar-refractivity contribution in [3.63, 3.8) is 0 Å². The van der Waals surface area contributed by atoms with E-state index in [0.717, 1.165) is 25.7 Å². The Morgan fingerprint density at radius 2 is 2.06 bits per heavy atom. The molecule has 0 aromatic rings. The van der Waals surface area contributed by atoms with Crippen molar-refractivity contribution in [3.8, 4) is 0 Å². The van der Waals surface area contributed by atoms with Gasteiger partial charge in [-0.1, -0.05) is 13.3 Å². The van der Waals surface area contributed by atoms with Gasteiger partial charge in [0, 0.05) is 20.0 Å². The molecule has 0 radical (unpaired) electrons. The third-order valence-corrected chi connectivity index (χ3v) is 3.83. The van der Waals surface area contributed by atoms with E-state index < -0.39 is 0 Å². The summed E-state index contributed by atoms with van der Waals surface area (Å²) >= 11 is 0. The third kappa shape index (κ3) is 3.70. The van der Waals surface area contributed by atoms with E-state index in [1.165, 1.54) is 0 Å². The van der Waals surface area contributed by atoms with Gasteiger partial charge >= 0.3 is 0 Å². The summed E-state index contributed by atoms with van der Waals surface area (Å²) in [6.07, 6.45) is 4.58. The Balaban J connectivity index is 2.55. The molecule has 18 heavy (non-hydrogen) atoms. The molecule has 0 spiro atoms. The maximum absolute atomic E-state index is 12.2. The van der Waals surface area contributed by atoms with E-state index >= 15 is 0 Å². The summed E-state index contributed by atoms with van der Waals surface area (Å²) in [5.41, 5.74) is 5.77. The minimum absolute atomic E-state index is 0.00572. The lowest BCUT2D eigenvalue weighted by Crippen LogP contribution is -2.46. The average molecular weight is 255 g/mol. The first kappa shape index (κ1) is 15.0. The number of likely N-dealkylation sites (N-methyl/N-ethyl adjacent to an activating group) is 1. The second kappa shape index (κ2) is 6.73. The Kier molecular flexibility index (Phi) is 5.59. The average Bonchev–Trinajstić information content (AvgIpc) is 2.32. The largest absolute Gasteiger partial charge is 0.358 e. The zero-order valence-electron chi connectivity index (χ0n) is 11.5. The molecule has 1 aliphatic carbocycles. The molecule has 0 unspecified atom stereocenters. The van der Waals surface area contributed by atoms with Crippen molar-refractivity contribution in [2.75, 3.05) is 26.7 Å². The number of hydrogen-bond acceptors (Lipinski definition) is 3. The molecule has 1 fully saturated rings. The number of nitrogens with zero attached hydrogens (tertiary/aromatic N) is 1. The van der Waals surface area contributed by atoms with Crippen molar-refractivity contribution < 1.29 is 9.59 Å². The molecule has 0 aromatic heterocycles. The van der Waals surface area contributed by atoms with Crippen LogP contribution in [0.15, 0.2) is 0 Å². The van der Waals surface area contributed by atoms with Gasteiger partial charge in [0.2, 0.25) is 11.8 Å². The Bertz CT molecular complexity index is 295. The Morgan fingerprint density at radius 3 is 2.44 bits per heavy atom. The van der Waals surface area contributed by atoms with Gasteiger partial charge in [0.15, 0.2) is 0 Å². The summed E-state index contributed by atoms with van der Waals surface area (Å²) in [7, 11) is 1.59. The highest BCUT2D eigenvalue weighted by molar-refractivity contribution is 5.85. The molecule has 0 aliphatic heterocycles. The highest BCUT2D eigenvalue weighted by Gasteiger charge is 2.38. The summed E-state index contributed by atoms with van der Waals surface area (Å²) in [5.74, 6) is -0.0576. The topological polar surface area (TPSA) is 75.4 Å². The van der Waals surface area contributed by atoms with Crippen LogP contribution < -0.4 is 11.1 Å². The molecule has 1 rings (SSSR count). The van der Waals surface area contributed by atoms with Crippen LogP contribution in [-0.2, 0) is 9.59 Å². The van der Waals surface area contributed by atoms with E-state index in [4.69, 9.17) is 5.73 Å². The normalized spacial score (nSPS) is 16.8. The Morgan fingerprint density at radius 1 is 1.39 bits per heavy atom. The number of amides is 2. The summed E-state index contributed by atoms with van der Waals surface area (Å²) in [4.78, 5) is 25.3. The highest BCUT2D eigenvalue weighted by Crippen LogP contribution is 2.43. The highest BCUT2D eigenvalue weighted by atomic mass is 16.2. The molecule has 1 aliphatic rings. The van der Waals surface area contributed by atoms with Crippen LogP contribution in [0.5, 0.6) is 0 Å². The molecule has 3 N–H and O–H groups in total. The van der Waals surface area contributed by atoms with Crippen LogP contribution in [0.4, 0.5) is 0 Å². The number of nitrogens with two attached hydrogens (primary N) is 1. The molecule has 0 saturated heterocycles. The van der Waals surface area contributed by atoms with Crippen molar-refractivity contribution in [1.29, 1.82) is 0 Å². The molecule has 0 aromatic carbocycles. The molecule has 2 amide bonds. The van der Waals surface area contributed by atoms with E-state index in [0.29, 0.717) is 19.5 Å². The fourth-order valence-electron chi connectivity index (χ4n) is 2.38. The van der Waals surface area contributed by atoms with Crippen LogP contribution in [0.2, 0.25) is 0 Å². The standard InChI is InChI=1S/C13H25N3O2/c1-3-7-16(9-11(17)15-2)12(18)8-13(10-14)5-4-6-13/h3-10,14H2,1-2H3,(H,15,17). The zero-order chi connectivity index (χ0) is 13.6. The van der Waals surface area contributed by atoms with Gasteiger partial charge in [-0.3, -0.25) is 9.59 Å². The van der Waals surface area contributed by atoms with Crippen LogP contribution in [0, 0.1) is 5.41 Å². The molecule has 104 valence electrons. The number of carbonyl (C=O) groups is 2. The molecule has 0 bridgehead atoms. The molecular formula is C13H25N3O2. The quantitative estimate of drug-likeness (QED) is 0.695. The fourth-order valence-corrected chi connectivity index (χ4v) is 2.38. The lowest BCUT2D eigenvalue weighted by molar-refractivity contribution is -0.139. The first-order chi connectivity index (χ1) is 8.56. The van der Waals surface area contributed by atoms with E-state index in [1.807, 2.05) is 6.92 Å². The minimum atomic E-state index is -0.118. The number of carbonyl (C=O) groups excluding carboxylic acids is 2. The van der Waals surface area contributed by atoms with E-state index in [2.05, 4.69) is 5.32 Å². The van der Waals surface area contributed by atoms with E-state index in [9.17, 15) is 9.59 Å². The van der Waals surface area contributed by atoms with E-state index in [1.54, 1.807) is 11.9 Å². The van der Waals surface area contributed by atoms with Crippen molar-refractivity contribution >= 4 is 11.8 Å². The third-order valence-electron chi connectivity index (χ3n) is 3.83. The second-order valence-electron chi connectivity index (χ2n) is 5.22. The molecule has 0 atom stereocenters. The number of rotatable bonds is 7. The van der Waals surface area contributed by atoms with Crippen LogP contribution in [0.1, 0.15) is 39.0 Å². The van der Waals surface area contributed by atoms with Crippen LogP contribution in [0.25, 0.3) is 0 Å². The number of nitrogens with one attached hydrogen (secondary N) is 1. The lowest BCUT2D eigenvalue weighted by Gasteiger charge is -2.41. The summed E-state index contributed by atoms with van der Waals surface area (Å²) in [6.45, 7) is 3.36. The monoisotopic (exact) mass is 255 g/mol. The van der Waals surface area contributed by atoms with Gasteiger partial charge in [-0.2, -0.15) is 0 Å². The van der Waals surface area contributed by atoms with Gasteiger partial charge < -0.3 is 16.0 Å². The summed E-state index contributed by atoms with van der Waals surface area (Å²) in [6, 6.07) is 0. The fraction of sp³-hybridized carbons (Fsp3) is 0.846. The molecule has 5 heteroatoms. The molecular weight excluding hydrogens is 230 g/mol.